The van der Waals surface area contributed by atoms with Crippen LogP contribution in [-0.4, -0.2) is 19.3 Å². The summed E-state index contributed by atoms with van der Waals surface area (Å²) in [7, 11) is 1.56. The van der Waals surface area contributed by atoms with Crippen molar-refractivity contribution >= 4 is 0 Å². The molecule has 0 saturated heterocycles. The first-order valence-corrected chi connectivity index (χ1v) is 5.00. The van der Waals surface area contributed by atoms with Gasteiger partial charge in [0.1, 0.15) is 11.6 Å². The number of benzene rings is 1. The summed E-state index contributed by atoms with van der Waals surface area (Å²) in [4.78, 5) is 0. The zero-order valence-electron chi connectivity index (χ0n) is 9.34. The summed E-state index contributed by atoms with van der Waals surface area (Å²) in [5.41, 5.74) is 3.12. The van der Waals surface area contributed by atoms with Gasteiger partial charge in [0.25, 0.3) is 0 Å². The van der Waals surface area contributed by atoms with Gasteiger partial charge in [-0.15, -0.1) is 0 Å². The minimum atomic E-state index is -0.587. The van der Waals surface area contributed by atoms with E-state index in [0.717, 1.165) is 6.07 Å². The molecule has 0 aliphatic heterocycles. The molecule has 1 aromatic carbocycles. The molecule has 1 rings (SSSR count). The number of nitrogens with one attached hydrogen (secondary N) is 1. The number of methoxy groups -OCH3 is 1. The van der Waals surface area contributed by atoms with Crippen molar-refractivity contribution in [1.29, 1.82) is 0 Å². The van der Waals surface area contributed by atoms with E-state index in [1.165, 1.54) is 12.1 Å². The Bertz CT molecular complexity index is 327. The number of hydrazine groups is 1. The number of nitrogens with two attached hydrogens (primary N) is 1. The van der Waals surface area contributed by atoms with Gasteiger partial charge in [0, 0.05) is 13.2 Å². The third-order valence-corrected chi connectivity index (χ3v) is 2.53. The first-order chi connectivity index (χ1) is 7.56. The molecule has 16 heavy (non-hydrogen) atoms. The Morgan fingerprint density at radius 2 is 1.88 bits per heavy atom. The van der Waals surface area contributed by atoms with Crippen LogP contribution in [0.15, 0.2) is 18.2 Å². The van der Waals surface area contributed by atoms with Crippen molar-refractivity contribution < 1.29 is 13.5 Å². The average molecular weight is 230 g/mol. The molecule has 0 amide bonds. The number of hydrogen-bond donors (Lipinski definition) is 2. The minimum absolute atomic E-state index is 0.142. The smallest absolute Gasteiger partial charge is 0.126 e. The Kier molecular flexibility index (Phi) is 4.79. The second-order valence-electron chi connectivity index (χ2n) is 3.70. The summed E-state index contributed by atoms with van der Waals surface area (Å²) in [6.07, 6.45) is 0.261. The Morgan fingerprint density at radius 1 is 1.31 bits per heavy atom. The van der Waals surface area contributed by atoms with E-state index in [2.05, 4.69) is 5.43 Å². The van der Waals surface area contributed by atoms with Crippen LogP contribution in [0.25, 0.3) is 0 Å². The molecule has 1 aromatic rings. The Balaban J connectivity index is 2.77. The highest BCUT2D eigenvalue weighted by molar-refractivity contribution is 5.19. The van der Waals surface area contributed by atoms with Crippen molar-refractivity contribution in [2.75, 3.05) is 7.11 Å². The molecule has 90 valence electrons. The maximum atomic E-state index is 12.9. The lowest BCUT2D eigenvalue weighted by atomic mass is 10.0. The molecule has 5 heteroatoms. The number of ether oxygens (including phenoxy) is 1. The van der Waals surface area contributed by atoms with Crippen LogP contribution in [0.3, 0.4) is 0 Å². The Hall–Kier alpha value is -1.04. The van der Waals surface area contributed by atoms with Crippen molar-refractivity contribution in [1.82, 2.24) is 5.43 Å². The van der Waals surface area contributed by atoms with Crippen LogP contribution in [0, 0.1) is 11.6 Å². The summed E-state index contributed by atoms with van der Waals surface area (Å²) in [6.45, 7) is 1.83. The van der Waals surface area contributed by atoms with E-state index in [-0.39, 0.29) is 12.1 Å². The molecule has 0 heterocycles. The molecule has 0 saturated carbocycles. The zero-order chi connectivity index (χ0) is 12.1. The topological polar surface area (TPSA) is 47.3 Å². The third kappa shape index (κ3) is 3.52. The fourth-order valence-corrected chi connectivity index (χ4v) is 1.51. The van der Waals surface area contributed by atoms with E-state index in [1.54, 1.807) is 7.11 Å². The van der Waals surface area contributed by atoms with Gasteiger partial charge in [-0.3, -0.25) is 11.3 Å². The number of halogens is 2. The van der Waals surface area contributed by atoms with Gasteiger partial charge in [0.05, 0.1) is 12.1 Å². The van der Waals surface area contributed by atoms with Crippen LogP contribution in [-0.2, 0) is 11.2 Å². The van der Waals surface area contributed by atoms with E-state index in [1.807, 2.05) is 6.92 Å². The molecule has 2 unspecified atom stereocenters. The van der Waals surface area contributed by atoms with Crippen molar-refractivity contribution in [3.63, 3.8) is 0 Å². The van der Waals surface area contributed by atoms with Gasteiger partial charge in [0.15, 0.2) is 0 Å². The molecular formula is C11H16F2N2O. The van der Waals surface area contributed by atoms with Crippen molar-refractivity contribution in [2.45, 2.75) is 25.5 Å². The van der Waals surface area contributed by atoms with Gasteiger partial charge in [0.2, 0.25) is 0 Å². The molecule has 2 atom stereocenters. The van der Waals surface area contributed by atoms with Crippen LogP contribution in [0.5, 0.6) is 0 Å². The van der Waals surface area contributed by atoms with Crippen molar-refractivity contribution in [3.05, 3.63) is 35.4 Å². The summed E-state index contributed by atoms with van der Waals surface area (Å²) in [5.74, 6) is 4.18. The lowest BCUT2D eigenvalue weighted by Gasteiger charge is -2.22. The van der Waals surface area contributed by atoms with Crippen LogP contribution >= 0.6 is 0 Å². The molecule has 0 bridgehead atoms. The Labute approximate surface area is 93.6 Å². The van der Waals surface area contributed by atoms with E-state index in [0.29, 0.717) is 12.0 Å². The standard InChI is InChI=1S/C11H16F2N2O/c1-7(16-2)11(15-14)5-8-3-9(12)6-10(13)4-8/h3-4,6-7,11,15H,5,14H2,1-2H3. The monoisotopic (exact) mass is 230 g/mol. The SMILES string of the molecule is COC(C)C(Cc1cc(F)cc(F)c1)NN. The summed E-state index contributed by atoms with van der Waals surface area (Å²) in [5, 5.41) is 0. The number of rotatable bonds is 5. The molecule has 0 aliphatic carbocycles. The van der Waals surface area contributed by atoms with Crippen LogP contribution in [0.2, 0.25) is 0 Å². The fourth-order valence-electron chi connectivity index (χ4n) is 1.51. The first-order valence-electron chi connectivity index (χ1n) is 5.00. The van der Waals surface area contributed by atoms with Gasteiger partial charge in [-0.05, 0) is 31.0 Å². The van der Waals surface area contributed by atoms with Crippen LogP contribution < -0.4 is 11.3 Å². The lowest BCUT2D eigenvalue weighted by Crippen LogP contribution is -2.45. The van der Waals surface area contributed by atoms with E-state index >= 15 is 0 Å². The predicted molar refractivity (Wildman–Crippen MR) is 57.6 cm³/mol. The van der Waals surface area contributed by atoms with Crippen molar-refractivity contribution in [3.8, 4) is 0 Å². The second-order valence-corrected chi connectivity index (χ2v) is 3.70. The predicted octanol–water partition coefficient (Wildman–Crippen LogP) is 1.37. The summed E-state index contributed by atoms with van der Waals surface area (Å²) >= 11 is 0. The fraction of sp³-hybridized carbons (Fsp3) is 0.455. The van der Waals surface area contributed by atoms with Gasteiger partial charge < -0.3 is 4.74 Å². The zero-order valence-corrected chi connectivity index (χ0v) is 9.34. The first kappa shape index (κ1) is 13.0. The Morgan fingerprint density at radius 3 is 2.31 bits per heavy atom. The summed E-state index contributed by atoms with van der Waals surface area (Å²) < 4.78 is 31.0. The lowest BCUT2D eigenvalue weighted by molar-refractivity contribution is 0.0831. The van der Waals surface area contributed by atoms with E-state index in [9.17, 15) is 8.78 Å². The molecule has 0 aromatic heterocycles. The normalized spacial score (nSPS) is 14.8. The van der Waals surface area contributed by atoms with Gasteiger partial charge >= 0.3 is 0 Å². The highest BCUT2D eigenvalue weighted by Gasteiger charge is 2.16. The third-order valence-electron chi connectivity index (χ3n) is 2.53. The quantitative estimate of drug-likeness (QED) is 0.593. The maximum absolute atomic E-state index is 12.9. The molecule has 0 radical (unpaired) electrons. The number of hydrogen-bond acceptors (Lipinski definition) is 3. The van der Waals surface area contributed by atoms with Gasteiger partial charge in [-0.25, -0.2) is 8.78 Å². The second kappa shape index (κ2) is 5.89. The highest BCUT2D eigenvalue weighted by atomic mass is 19.1. The van der Waals surface area contributed by atoms with Crippen molar-refractivity contribution in [2.24, 2.45) is 5.84 Å². The highest BCUT2D eigenvalue weighted by Crippen LogP contribution is 2.12. The van der Waals surface area contributed by atoms with Gasteiger partial charge in [-0.1, -0.05) is 0 Å². The molecule has 0 spiro atoms. The molecule has 0 aliphatic rings. The minimum Gasteiger partial charge on any atom is -0.380 e. The maximum Gasteiger partial charge on any atom is 0.126 e. The van der Waals surface area contributed by atoms with Gasteiger partial charge in [-0.2, -0.15) is 0 Å². The average Bonchev–Trinajstić information content (AvgIpc) is 2.23. The summed E-state index contributed by atoms with van der Waals surface area (Å²) in [6, 6.07) is 3.23. The molecule has 3 nitrogen and oxygen atoms in total. The van der Waals surface area contributed by atoms with E-state index in [4.69, 9.17) is 10.6 Å². The molecular weight excluding hydrogens is 214 g/mol. The van der Waals surface area contributed by atoms with Crippen LogP contribution in [0.4, 0.5) is 8.78 Å². The molecule has 3 N–H and O–H groups in total. The largest absolute Gasteiger partial charge is 0.380 e. The molecule has 0 fully saturated rings. The van der Waals surface area contributed by atoms with Crippen LogP contribution in [0.1, 0.15) is 12.5 Å². The van der Waals surface area contributed by atoms with E-state index < -0.39 is 11.6 Å².